The number of ether oxygens (including phenoxy) is 1. The number of thioether (sulfide) groups is 1. The zero-order valence-electron chi connectivity index (χ0n) is 13.3. The molecule has 1 aliphatic rings. The SMILES string of the molecule is COc1ccc(Br)cc1/C=C/C(=O)Nc1ccc2c(c1)NC(=O)CS2. The highest BCUT2D eigenvalue weighted by Crippen LogP contribution is 2.33. The molecule has 7 heteroatoms. The van der Waals surface area contributed by atoms with Gasteiger partial charge in [-0.3, -0.25) is 9.59 Å². The number of carbonyl (C=O) groups excluding carboxylic acids is 2. The fourth-order valence-electron chi connectivity index (χ4n) is 2.35. The van der Waals surface area contributed by atoms with Crippen molar-refractivity contribution in [2.75, 3.05) is 23.5 Å². The van der Waals surface area contributed by atoms with Crippen LogP contribution in [0.1, 0.15) is 5.56 Å². The Kier molecular flexibility index (Phi) is 5.45. The summed E-state index contributed by atoms with van der Waals surface area (Å²) >= 11 is 4.88. The minimum Gasteiger partial charge on any atom is -0.496 e. The third kappa shape index (κ3) is 4.43. The summed E-state index contributed by atoms with van der Waals surface area (Å²) in [6, 6.07) is 11.0. The molecule has 0 saturated heterocycles. The Labute approximate surface area is 158 Å². The van der Waals surface area contributed by atoms with Gasteiger partial charge in [0, 0.05) is 26.7 Å². The van der Waals surface area contributed by atoms with E-state index in [0.29, 0.717) is 17.2 Å². The Morgan fingerprint density at radius 3 is 2.96 bits per heavy atom. The van der Waals surface area contributed by atoms with Crippen LogP contribution in [0.15, 0.2) is 51.8 Å². The van der Waals surface area contributed by atoms with Crippen molar-refractivity contribution in [3.05, 3.63) is 52.5 Å². The molecule has 3 rings (SSSR count). The first-order valence-corrected chi connectivity index (χ1v) is 9.22. The van der Waals surface area contributed by atoms with Gasteiger partial charge in [0.2, 0.25) is 11.8 Å². The first kappa shape index (κ1) is 17.6. The predicted molar refractivity (Wildman–Crippen MR) is 104 cm³/mol. The number of carbonyl (C=O) groups is 2. The van der Waals surface area contributed by atoms with Crippen molar-refractivity contribution in [2.45, 2.75) is 4.90 Å². The molecule has 0 aromatic heterocycles. The van der Waals surface area contributed by atoms with Crippen molar-refractivity contribution in [1.29, 1.82) is 0 Å². The molecule has 0 radical (unpaired) electrons. The van der Waals surface area contributed by atoms with Gasteiger partial charge in [-0.1, -0.05) is 15.9 Å². The molecule has 0 bridgehead atoms. The average Bonchev–Trinajstić information content (AvgIpc) is 2.59. The van der Waals surface area contributed by atoms with E-state index in [1.807, 2.05) is 30.3 Å². The van der Waals surface area contributed by atoms with Crippen LogP contribution in [0, 0.1) is 0 Å². The lowest BCUT2D eigenvalue weighted by atomic mass is 10.2. The first-order chi connectivity index (χ1) is 12.0. The second-order valence-electron chi connectivity index (χ2n) is 5.26. The second kappa shape index (κ2) is 7.76. The van der Waals surface area contributed by atoms with Gasteiger partial charge in [0.1, 0.15) is 5.75 Å². The van der Waals surface area contributed by atoms with Crippen LogP contribution in [0.3, 0.4) is 0 Å². The zero-order chi connectivity index (χ0) is 17.8. The predicted octanol–water partition coefficient (Wildman–Crippen LogP) is 4.15. The van der Waals surface area contributed by atoms with Crippen molar-refractivity contribution >= 4 is 57.0 Å². The standard InChI is InChI=1S/C18H15BrN2O3S/c1-24-15-5-3-12(19)8-11(15)2-7-17(22)20-13-4-6-16-14(9-13)21-18(23)10-25-16/h2-9H,10H2,1H3,(H,20,22)(H,21,23)/b7-2+. The van der Waals surface area contributed by atoms with Gasteiger partial charge in [-0.15, -0.1) is 11.8 Å². The van der Waals surface area contributed by atoms with E-state index in [9.17, 15) is 9.59 Å². The Morgan fingerprint density at radius 2 is 2.16 bits per heavy atom. The molecule has 0 atom stereocenters. The van der Waals surface area contributed by atoms with Crippen LogP contribution in [0.2, 0.25) is 0 Å². The number of hydrogen-bond donors (Lipinski definition) is 2. The van der Waals surface area contributed by atoms with Gasteiger partial charge in [-0.2, -0.15) is 0 Å². The van der Waals surface area contributed by atoms with Crippen LogP contribution in [0.25, 0.3) is 6.08 Å². The molecule has 2 N–H and O–H groups in total. The molecule has 0 saturated carbocycles. The van der Waals surface area contributed by atoms with Gasteiger partial charge in [-0.25, -0.2) is 0 Å². The Bertz CT molecular complexity index is 867. The van der Waals surface area contributed by atoms with E-state index in [1.54, 1.807) is 19.3 Å². The number of hydrogen-bond acceptors (Lipinski definition) is 4. The number of methoxy groups -OCH3 is 1. The van der Waals surface area contributed by atoms with Gasteiger partial charge in [0.15, 0.2) is 0 Å². The normalized spacial score (nSPS) is 13.3. The van der Waals surface area contributed by atoms with E-state index in [1.165, 1.54) is 17.8 Å². The molecule has 1 heterocycles. The molecule has 0 aliphatic carbocycles. The highest BCUT2D eigenvalue weighted by molar-refractivity contribution is 9.10. The molecule has 0 fully saturated rings. The third-order valence-corrected chi connectivity index (χ3v) is 5.05. The van der Waals surface area contributed by atoms with E-state index in [2.05, 4.69) is 26.6 Å². The quantitative estimate of drug-likeness (QED) is 0.731. The molecule has 1 aliphatic heterocycles. The molecule has 2 aromatic carbocycles. The number of fused-ring (bicyclic) bond motifs is 1. The highest BCUT2D eigenvalue weighted by atomic mass is 79.9. The van der Waals surface area contributed by atoms with E-state index in [-0.39, 0.29) is 11.8 Å². The monoisotopic (exact) mass is 418 g/mol. The maximum Gasteiger partial charge on any atom is 0.248 e. The van der Waals surface area contributed by atoms with E-state index in [4.69, 9.17) is 4.74 Å². The molecular formula is C18H15BrN2O3S. The first-order valence-electron chi connectivity index (χ1n) is 7.44. The van der Waals surface area contributed by atoms with Crippen molar-refractivity contribution in [1.82, 2.24) is 0 Å². The van der Waals surface area contributed by atoms with Gasteiger partial charge in [0.05, 0.1) is 18.6 Å². The summed E-state index contributed by atoms with van der Waals surface area (Å²) in [7, 11) is 1.58. The minimum absolute atomic E-state index is 0.0392. The largest absolute Gasteiger partial charge is 0.496 e. The third-order valence-electron chi connectivity index (χ3n) is 3.49. The molecule has 2 aromatic rings. The summed E-state index contributed by atoms with van der Waals surface area (Å²) in [5, 5.41) is 5.59. The van der Waals surface area contributed by atoms with Crippen molar-refractivity contribution < 1.29 is 14.3 Å². The number of amides is 2. The smallest absolute Gasteiger partial charge is 0.248 e. The van der Waals surface area contributed by atoms with Crippen LogP contribution in [0.4, 0.5) is 11.4 Å². The van der Waals surface area contributed by atoms with Gasteiger partial charge >= 0.3 is 0 Å². The lowest BCUT2D eigenvalue weighted by molar-refractivity contribution is -0.114. The van der Waals surface area contributed by atoms with E-state index in [0.717, 1.165) is 20.6 Å². The lowest BCUT2D eigenvalue weighted by Gasteiger charge is -2.17. The van der Waals surface area contributed by atoms with Gasteiger partial charge in [0.25, 0.3) is 0 Å². The summed E-state index contributed by atoms with van der Waals surface area (Å²) in [6.45, 7) is 0. The molecular weight excluding hydrogens is 404 g/mol. The van der Waals surface area contributed by atoms with Crippen molar-refractivity contribution in [2.24, 2.45) is 0 Å². The maximum atomic E-state index is 12.2. The number of halogens is 1. The average molecular weight is 419 g/mol. The summed E-state index contributed by atoms with van der Waals surface area (Å²) in [4.78, 5) is 24.6. The molecule has 128 valence electrons. The Balaban J connectivity index is 1.72. The molecule has 25 heavy (non-hydrogen) atoms. The van der Waals surface area contributed by atoms with Crippen LogP contribution >= 0.6 is 27.7 Å². The maximum absolute atomic E-state index is 12.2. The molecule has 0 spiro atoms. The highest BCUT2D eigenvalue weighted by Gasteiger charge is 2.15. The number of rotatable bonds is 4. The van der Waals surface area contributed by atoms with Crippen molar-refractivity contribution in [3.63, 3.8) is 0 Å². The van der Waals surface area contributed by atoms with Crippen LogP contribution in [-0.2, 0) is 9.59 Å². The fraction of sp³-hybridized carbons (Fsp3) is 0.111. The number of nitrogens with one attached hydrogen (secondary N) is 2. The van der Waals surface area contributed by atoms with E-state index >= 15 is 0 Å². The Morgan fingerprint density at radius 1 is 1.32 bits per heavy atom. The molecule has 0 unspecified atom stereocenters. The Hall–Kier alpha value is -2.25. The second-order valence-corrected chi connectivity index (χ2v) is 7.19. The molecule has 5 nitrogen and oxygen atoms in total. The summed E-state index contributed by atoms with van der Waals surface area (Å²) in [5.41, 5.74) is 2.13. The van der Waals surface area contributed by atoms with Crippen LogP contribution in [-0.4, -0.2) is 24.7 Å². The summed E-state index contributed by atoms with van der Waals surface area (Å²) in [5.74, 6) is 0.788. The summed E-state index contributed by atoms with van der Waals surface area (Å²) in [6.07, 6.45) is 3.13. The van der Waals surface area contributed by atoms with Crippen molar-refractivity contribution in [3.8, 4) is 5.75 Å². The minimum atomic E-state index is -0.267. The van der Waals surface area contributed by atoms with Crippen LogP contribution in [0.5, 0.6) is 5.75 Å². The van der Waals surface area contributed by atoms with Gasteiger partial charge < -0.3 is 15.4 Å². The zero-order valence-corrected chi connectivity index (χ0v) is 15.7. The topological polar surface area (TPSA) is 67.4 Å². The van der Waals surface area contributed by atoms with E-state index < -0.39 is 0 Å². The van der Waals surface area contributed by atoms with Gasteiger partial charge in [-0.05, 0) is 42.5 Å². The van der Waals surface area contributed by atoms with Crippen LogP contribution < -0.4 is 15.4 Å². The number of anilines is 2. The fourth-order valence-corrected chi connectivity index (χ4v) is 3.51. The summed E-state index contributed by atoms with van der Waals surface area (Å²) < 4.78 is 6.18. The lowest BCUT2D eigenvalue weighted by Crippen LogP contribution is -2.19. The number of benzene rings is 2. The molecule has 2 amide bonds.